The maximum Gasteiger partial charge on any atom is 1.00 e. The molecule has 0 heterocycles. The second-order valence-electron chi connectivity index (χ2n) is 2.48. The first-order valence-electron chi connectivity index (χ1n) is 3.64. The summed E-state index contributed by atoms with van der Waals surface area (Å²) in [7, 11) is 1.26. The molecule has 0 radical (unpaired) electrons. The van der Waals surface area contributed by atoms with Crippen LogP contribution in [0.5, 0.6) is 0 Å². The summed E-state index contributed by atoms with van der Waals surface area (Å²) in [6, 6.07) is 0. The van der Waals surface area contributed by atoms with Crippen molar-refractivity contribution < 1.29 is 49.0 Å². The number of carbonyl (C=O) groups excluding carboxylic acids is 2. The minimum absolute atomic E-state index is 0. The van der Waals surface area contributed by atoms with Gasteiger partial charge < -0.3 is 14.6 Å². The number of hydrogen-bond donors (Lipinski definition) is 0. The minimum Gasteiger partial charge on any atom is -0.545 e. The maximum absolute atomic E-state index is 10.8. The van der Waals surface area contributed by atoms with E-state index < -0.39 is 11.9 Å². The average Bonchev–Trinajstić information content (AvgIpc) is 2.11. The third kappa shape index (κ3) is 5.96. The van der Waals surface area contributed by atoms with Gasteiger partial charge in [0.2, 0.25) is 0 Å². The fourth-order valence-corrected chi connectivity index (χ4v) is 0.547. The van der Waals surface area contributed by atoms with Gasteiger partial charge in [-0.3, -0.25) is 0 Å². The molecule has 0 fully saturated rings. The van der Waals surface area contributed by atoms with Crippen LogP contribution < -0.4 is 34.7 Å². The molecule has 4 nitrogen and oxygen atoms in total. The zero-order chi connectivity index (χ0) is 10.4. The Balaban J connectivity index is 0. The number of rotatable bonds is 3. The molecule has 0 aliphatic rings. The van der Waals surface area contributed by atoms with Gasteiger partial charge in [0, 0.05) is 5.57 Å². The molecule has 72 valence electrons. The van der Waals surface area contributed by atoms with Crippen LogP contribution in [-0.4, -0.2) is 19.0 Å². The summed E-state index contributed by atoms with van der Waals surface area (Å²) < 4.78 is 4.41. The van der Waals surface area contributed by atoms with E-state index in [0.717, 1.165) is 0 Å². The monoisotopic (exact) mass is 206 g/mol. The van der Waals surface area contributed by atoms with Gasteiger partial charge in [0.25, 0.3) is 0 Å². The van der Waals surface area contributed by atoms with Crippen molar-refractivity contribution in [1.29, 1.82) is 0 Å². The minimum atomic E-state index is -1.26. The third-order valence-corrected chi connectivity index (χ3v) is 1.41. The van der Waals surface area contributed by atoms with Crippen molar-refractivity contribution >= 4 is 11.9 Å². The van der Waals surface area contributed by atoms with E-state index in [4.69, 9.17) is 0 Å². The fourth-order valence-electron chi connectivity index (χ4n) is 0.547. The number of ether oxygens (including phenoxy) is 1. The Morgan fingerprint density at radius 1 is 1.14 bits per heavy atom. The van der Waals surface area contributed by atoms with Crippen LogP contribution in [0.15, 0.2) is 23.3 Å². The zero-order valence-electron chi connectivity index (χ0n) is 8.79. The molecule has 0 rings (SSSR count). The van der Waals surface area contributed by atoms with Crippen LogP contribution in [0.3, 0.4) is 0 Å². The van der Waals surface area contributed by atoms with E-state index in [1.165, 1.54) is 33.1 Å². The third-order valence-electron chi connectivity index (χ3n) is 1.41. The Hall–Kier alpha value is -0.580. The molecule has 0 atom stereocenters. The first kappa shape index (κ1) is 15.9. The van der Waals surface area contributed by atoms with E-state index in [9.17, 15) is 14.7 Å². The number of carboxylic acids is 1. The molecule has 0 saturated carbocycles. The van der Waals surface area contributed by atoms with E-state index in [2.05, 4.69) is 4.74 Å². The van der Waals surface area contributed by atoms with Gasteiger partial charge >= 0.3 is 35.5 Å². The number of hydrogen-bond acceptors (Lipinski definition) is 4. The Morgan fingerprint density at radius 3 is 1.93 bits per heavy atom. The van der Waals surface area contributed by atoms with Crippen LogP contribution >= 0.6 is 0 Å². The number of allylic oxidation sites excluding steroid dienone is 2. The number of carboxylic acid groups (broad SMARTS) is 1. The molecular formula is C9H11NaO4. The molecule has 0 N–H and O–H groups in total. The predicted octanol–water partition coefficient (Wildman–Crippen LogP) is -3.19. The summed E-state index contributed by atoms with van der Waals surface area (Å²) in [5, 5.41) is 10.2. The summed E-state index contributed by atoms with van der Waals surface area (Å²) >= 11 is 0. The summed E-state index contributed by atoms with van der Waals surface area (Å²) in [6.07, 6.45) is 2.67. The molecule has 0 saturated heterocycles. The second kappa shape index (κ2) is 7.79. The fraction of sp³-hybridized carbons (Fsp3) is 0.333. The molecule has 0 aliphatic carbocycles. The van der Waals surface area contributed by atoms with Crippen LogP contribution in [0.4, 0.5) is 0 Å². The van der Waals surface area contributed by atoms with E-state index in [-0.39, 0.29) is 35.1 Å². The van der Waals surface area contributed by atoms with Gasteiger partial charge in [-0.25, -0.2) is 4.79 Å². The SMILES string of the molecule is COC(=O)C(C)=CC=C(C)C(=O)[O-].[Na+]. The van der Waals surface area contributed by atoms with Crippen molar-refractivity contribution in [3.05, 3.63) is 23.3 Å². The molecule has 0 aliphatic heterocycles. The number of aliphatic carboxylic acids is 1. The molecule has 0 aromatic rings. The molecule has 0 aromatic carbocycles. The molecule has 0 unspecified atom stereocenters. The van der Waals surface area contributed by atoms with Gasteiger partial charge in [0.05, 0.1) is 13.1 Å². The van der Waals surface area contributed by atoms with E-state index >= 15 is 0 Å². The smallest absolute Gasteiger partial charge is 0.545 e. The van der Waals surface area contributed by atoms with Gasteiger partial charge in [-0.05, 0) is 19.4 Å². The van der Waals surface area contributed by atoms with Crippen LogP contribution in [0.2, 0.25) is 0 Å². The first-order chi connectivity index (χ1) is 5.99. The van der Waals surface area contributed by atoms with Crippen molar-refractivity contribution in [2.75, 3.05) is 7.11 Å². The predicted molar refractivity (Wildman–Crippen MR) is 44.5 cm³/mol. The molecule has 0 aromatic heterocycles. The van der Waals surface area contributed by atoms with Crippen molar-refractivity contribution in [2.45, 2.75) is 13.8 Å². The Labute approximate surface area is 105 Å². The molecular weight excluding hydrogens is 195 g/mol. The summed E-state index contributed by atoms with van der Waals surface area (Å²) in [5.74, 6) is -1.74. The first-order valence-corrected chi connectivity index (χ1v) is 3.64. The van der Waals surface area contributed by atoms with Crippen LogP contribution in [0.25, 0.3) is 0 Å². The van der Waals surface area contributed by atoms with E-state index in [1.807, 2.05) is 0 Å². The van der Waals surface area contributed by atoms with Gasteiger partial charge in [0.15, 0.2) is 0 Å². The van der Waals surface area contributed by atoms with E-state index in [1.54, 1.807) is 0 Å². The largest absolute Gasteiger partial charge is 1.00 e. The normalized spacial score (nSPS) is 11.6. The van der Waals surface area contributed by atoms with Gasteiger partial charge in [-0.2, -0.15) is 0 Å². The molecule has 14 heavy (non-hydrogen) atoms. The van der Waals surface area contributed by atoms with Crippen molar-refractivity contribution in [3.8, 4) is 0 Å². The molecule has 0 amide bonds. The van der Waals surface area contributed by atoms with E-state index in [0.29, 0.717) is 5.57 Å². The number of carbonyl (C=O) groups is 2. The summed E-state index contributed by atoms with van der Waals surface area (Å²) in [6.45, 7) is 2.92. The molecule has 0 bridgehead atoms. The zero-order valence-corrected chi connectivity index (χ0v) is 10.8. The van der Waals surface area contributed by atoms with Crippen LogP contribution in [-0.2, 0) is 14.3 Å². The Kier molecular flexibility index (Phi) is 8.83. The topological polar surface area (TPSA) is 66.4 Å². The molecule has 5 heteroatoms. The second-order valence-corrected chi connectivity index (χ2v) is 2.48. The molecule has 0 spiro atoms. The quantitative estimate of drug-likeness (QED) is 0.211. The average molecular weight is 206 g/mol. The number of methoxy groups -OCH3 is 1. The number of esters is 1. The van der Waals surface area contributed by atoms with Crippen molar-refractivity contribution in [2.24, 2.45) is 0 Å². The van der Waals surface area contributed by atoms with Gasteiger partial charge in [-0.15, -0.1) is 0 Å². The Bertz CT molecular complexity index is 279. The van der Waals surface area contributed by atoms with Gasteiger partial charge in [0.1, 0.15) is 0 Å². The van der Waals surface area contributed by atoms with Crippen LogP contribution in [0, 0.1) is 0 Å². The summed E-state index contributed by atoms with van der Waals surface area (Å²) in [5.41, 5.74) is 0.395. The Morgan fingerprint density at radius 2 is 1.57 bits per heavy atom. The van der Waals surface area contributed by atoms with Crippen LogP contribution in [0.1, 0.15) is 13.8 Å². The van der Waals surface area contributed by atoms with Crippen molar-refractivity contribution in [1.82, 2.24) is 0 Å². The standard InChI is InChI=1S/C9H12O4.Na/c1-6(8(10)11)4-5-7(2)9(12)13-3;/h4-5H,1-3H3,(H,10,11);/q;+1/p-1. The van der Waals surface area contributed by atoms with Crippen molar-refractivity contribution in [3.63, 3.8) is 0 Å². The van der Waals surface area contributed by atoms with Gasteiger partial charge in [-0.1, -0.05) is 12.2 Å². The maximum atomic E-state index is 10.8. The summed E-state index contributed by atoms with van der Waals surface area (Å²) in [4.78, 5) is 21.0.